The molecule has 0 aliphatic carbocycles. The van der Waals surface area contributed by atoms with E-state index in [4.69, 9.17) is 5.11 Å². The Morgan fingerprint density at radius 1 is 1.82 bits per heavy atom. The van der Waals surface area contributed by atoms with E-state index < -0.39 is 11.9 Å². The highest BCUT2D eigenvalue weighted by atomic mass is 16.4. The van der Waals surface area contributed by atoms with Gasteiger partial charge in [0.25, 0.3) is 0 Å². The summed E-state index contributed by atoms with van der Waals surface area (Å²) in [7, 11) is 0. The lowest BCUT2D eigenvalue weighted by Gasteiger charge is -1.98. The van der Waals surface area contributed by atoms with E-state index in [2.05, 4.69) is 10.2 Å². The highest BCUT2D eigenvalue weighted by Gasteiger charge is 2.15. The number of carbonyl (C=O) groups is 1. The minimum absolute atomic E-state index is 0.528. The molecule has 1 aromatic rings. The number of aromatic nitrogens is 2. The fraction of sp³-hybridized carbons (Fsp3) is 0.429. The van der Waals surface area contributed by atoms with Crippen LogP contribution in [0.25, 0.3) is 0 Å². The number of aryl methyl sites for hydroxylation is 1. The molecule has 0 fully saturated rings. The Bertz CT molecular complexity index is 267. The van der Waals surface area contributed by atoms with Crippen molar-refractivity contribution in [1.29, 1.82) is 0 Å². The molecule has 4 nitrogen and oxygen atoms in total. The van der Waals surface area contributed by atoms with Crippen LogP contribution in [0.3, 0.4) is 0 Å². The molecule has 1 aromatic heterocycles. The van der Waals surface area contributed by atoms with Crippen molar-refractivity contribution in [2.45, 2.75) is 19.8 Å². The number of hydrogen-bond donors (Lipinski definition) is 2. The summed E-state index contributed by atoms with van der Waals surface area (Å²) in [6.45, 7) is 3.45. The zero-order valence-electron chi connectivity index (χ0n) is 6.46. The van der Waals surface area contributed by atoms with Gasteiger partial charge < -0.3 is 5.11 Å². The van der Waals surface area contributed by atoms with Crippen LogP contribution in [0, 0.1) is 6.92 Å². The van der Waals surface area contributed by atoms with Gasteiger partial charge in [0.05, 0.1) is 11.6 Å². The molecule has 1 rings (SSSR count). The van der Waals surface area contributed by atoms with Gasteiger partial charge in [-0.2, -0.15) is 5.10 Å². The van der Waals surface area contributed by atoms with Crippen LogP contribution in [-0.4, -0.2) is 21.3 Å². The fourth-order valence-corrected chi connectivity index (χ4v) is 0.787. The predicted molar refractivity (Wildman–Crippen MR) is 39.4 cm³/mol. The predicted octanol–water partition coefficient (Wildman–Crippen LogP) is 0.906. The van der Waals surface area contributed by atoms with E-state index in [-0.39, 0.29) is 0 Å². The number of nitrogens with zero attached hydrogens (tertiary/aromatic N) is 1. The van der Waals surface area contributed by atoms with Gasteiger partial charge in [0.2, 0.25) is 0 Å². The maximum Gasteiger partial charge on any atom is 0.312 e. The largest absolute Gasteiger partial charge is 0.481 e. The van der Waals surface area contributed by atoms with Crippen molar-refractivity contribution >= 4 is 5.97 Å². The zero-order valence-corrected chi connectivity index (χ0v) is 6.46. The van der Waals surface area contributed by atoms with Crippen molar-refractivity contribution in [3.05, 3.63) is 17.5 Å². The van der Waals surface area contributed by atoms with Gasteiger partial charge in [0.15, 0.2) is 0 Å². The number of nitrogens with one attached hydrogen (secondary N) is 1. The maximum atomic E-state index is 10.5. The van der Waals surface area contributed by atoms with Crippen molar-refractivity contribution in [2.75, 3.05) is 0 Å². The second-order valence-corrected chi connectivity index (χ2v) is 2.54. The molecule has 0 radical (unpaired) electrons. The molecule has 60 valence electrons. The molecule has 4 heteroatoms. The van der Waals surface area contributed by atoms with E-state index >= 15 is 0 Å². The van der Waals surface area contributed by atoms with Crippen molar-refractivity contribution in [3.8, 4) is 0 Å². The molecule has 0 saturated carbocycles. The molecule has 0 spiro atoms. The molecule has 0 aliphatic rings. The Hall–Kier alpha value is -1.32. The van der Waals surface area contributed by atoms with Gasteiger partial charge in [0.1, 0.15) is 0 Å². The lowest BCUT2D eigenvalue weighted by Crippen LogP contribution is -2.07. The van der Waals surface area contributed by atoms with Crippen LogP contribution in [0.1, 0.15) is 24.2 Å². The van der Waals surface area contributed by atoms with Gasteiger partial charge in [-0.1, -0.05) is 0 Å². The molecule has 11 heavy (non-hydrogen) atoms. The summed E-state index contributed by atoms with van der Waals surface area (Å²) in [6.07, 6.45) is 0. The minimum Gasteiger partial charge on any atom is -0.481 e. The second kappa shape index (κ2) is 2.74. The number of H-pyrrole nitrogens is 1. The summed E-state index contributed by atoms with van der Waals surface area (Å²) in [5.74, 6) is -1.38. The van der Waals surface area contributed by atoms with Crippen LogP contribution in [0.4, 0.5) is 0 Å². The minimum atomic E-state index is -0.850. The van der Waals surface area contributed by atoms with Crippen LogP contribution < -0.4 is 0 Å². The van der Waals surface area contributed by atoms with Crippen LogP contribution in [0.5, 0.6) is 0 Å². The molecule has 0 amide bonds. The Morgan fingerprint density at radius 2 is 2.45 bits per heavy atom. The highest BCUT2D eigenvalue weighted by molar-refractivity contribution is 5.74. The first-order valence-corrected chi connectivity index (χ1v) is 3.36. The Labute approximate surface area is 64.2 Å². The van der Waals surface area contributed by atoms with Crippen LogP contribution in [0.2, 0.25) is 0 Å². The topological polar surface area (TPSA) is 66.0 Å². The fourth-order valence-electron chi connectivity index (χ4n) is 0.787. The van der Waals surface area contributed by atoms with E-state index in [1.807, 2.05) is 6.92 Å². The van der Waals surface area contributed by atoms with Gasteiger partial charge in [0, 0.05) is 5.69 Å². The van der Waals surface area contributed by atoms with Gasteiger partial charge in [-0.15, -0.1) is 0 Å². The third-order valence-electron chi connectivity index (χ3n) is 1.54. The van der Waals surface area contributed by atoms with Gasteiger partial charge in [-0.3, -0.25) is 9.89 Å². The van der Waals surface area contributed by atoms with Crippen LogP contribution in [0.15, 0.2) is 6.07 Å². The summed E-state index contributed by atoms with van der Waals surface area (Å²) in [4.78, 5) is 10.5. The highest BCUT2D eigenvalue weighted by Crippen LogP contribution is 2.12. The molecular weight excluding hydrogens is 144 g/mol. The molecule has 1 unspecified atom stereocenters. The third-order valence-corrected chi connectivity index (χ3v) is 1.54. The van der Waals surface area contributed by atoms with Gasteiger partial charge in [-0.25, -0.2) is 0 Å². The molecule has 0 aliphatic heterocycles. The van der Waals surface area contributed by atoms with E-state index in [9.17, 15) is 4.79 Å². The maximum absolute atomic E-state index is 10.5. The number of hydrogen-bond acceptors (Lipinski definition) is 2. The lowest BCUT2D eigenvalue weighted by atomic mass is 10.1. The Morgan fingerprint density at radius 3 is 2.82 bits per heavy atom. The molecule has 1 heterocycles. The molecular formula is C7H10N2O2. The summed E-state index contributed by atoms with van der Waals surface area (Å²) in [5.41, 5.74) is 1.46. The molecule has 0 bridgehead atoms. The monoisotopic (exact) mass is 154 g/mol. The van der Waals surface area contributed by atoms with Crippen molar-refractivity contribution in [3.63, 3.8) is 0 Å². The standard InChI is InChI=1S/C7H10N2O2/c1-4-3-6(9-8-4)5(2)7(10)11/h3,5H,1-2H3,(H,8,9)(H,10,11). The first-order valence-electron chi connectivity index (χ1n) is 3.36. The van der Waals surface area contributed by atoms with E-state index in [0.29, 0.717) is 5.69 Å². The summed E-state index contributed by atoms with van der Waals surface area (Å²) in [5, 5.41) is 15.1. The number of aromatic amines is 1. The lowest BCUT2D eigenvalue weighted by molar-refractivity contribution is -0.138. The van der Waals surface area contributed by atoms with Crippen LogP contribution in [-0.2, 0) is 4.79 Å². The molecule has 0 saturated heterocycles. The van der Waals surface area contributed by atoms with Gasteiger partial charge in [-0.05, 0) is 19.9 Å². The Kier molecular flexibility index (Phi) is 1.94. The molecule has 0 aromatic carbocycles. The first kappa shape index (κ1) is 7.78. The average molecular weight is 154 g/mol. The average Bonchev–Trinajstić information content (AvgIpc) is 2.34. The molecule has 2 N–H and O–H groups in total. The van der Waals surface area contributed by atoms with Gasteiger partial charge >= 0.3 is 5.97 Å². The number of rotatable bonds is 2. The normalized spacial score (nSPS) is 12.9. The second-order valence-electron chi connectivity index (χ2n) is 2.54. The smallest absolute Gasteiger partial charge is 0.312 e. The molecule has 1 atom stereocenters. The first-order chi connectivity index (χ1) is 5.11. The third kappa shape index (κ3) is 1.58. The SMILES string of the molecule is Cc1cc(C(C)C(=O)O)n[nH]1. The zero-order chi connectivity index (χ0) is 8.43. The van der Waals surface area contributed by atoms with Crippen molar-refractivity contribution in [2.24, 2.45) is 0 Å². The summed E-state index contributed by atoms with van der Waals surface area (Å²) >= 11 is 0. The summed E-state index contributed by atoms with van der Waals surface area (Å²) in [6, 6.07) is 1.73. The number of carboxylic acids is 1. The van der Waals surface area contributed by atoms with E-state index in [0.717, 1.165) is 5.69 Å². The number of carboxylic acid groups (broad SMARTS) is 1. The van der Waals surface area contributed by atoms with Crippen LogP contribution >= 0.6 is 0 Å². The number of aliphatic carboxylic acids is 1. The Balaban J connectivity index is 2.84. The van der Waals surface area contributed by atoms with Crippen molar-refractivity contribution in [1.82, 2.24) is 10.2 Å². The van der Waals surface area contributed by atoms with Crippen molar-refractivity contribution < 1.29 is 9.90 Å². The summed E-state index contributed by atoms with van der Waals surface area (Å²) < 4.78 is 0. The quantitative estimate of drug-likeness (QED) is 0.665. The van der Waals surface area contributed by atoms with E-state index in [1.165, 1.54) is 0 Å². The van der Waals surface area contributed by atoms with E-state index in [1.54, 1.807) is 13.0 Å².